The highest BCUT2D eigenvalue weighted by atomic mass is 16.3. The number of benzene rings is 4. The maximum Gasteiger partial charge on any atom is 0.236 e. The van der Waals surface area contributed by atoms with Crippen LogP contribution in [0.2, 0.25) is 0 Å². The number of nitrogens with one attached hydrogen (secondary N) is 1. The van der Waals surface area contributed by atoms with Crippen LogP contribution in [0.1, 0.15) is 33.0 Å². The van der Waals surface area contributed by atoms with Crippen LogP contribution >= 0.6 is 0 Å². The first-order chi connectivity index (χ1) is 15.0. The summed E-state index contributed by atoms with van der Waals surface area (Å²) >= 11 is 0. The van der Waals surface area contributed by atoms with Gasteiger partial charge in [-0.25, -0.2) is 0 Å². The van der Waals surface area contributed by atoms with Crippen LogP contribution in [0.25, 0.3) is 10.8 Å². The second kappa shape index (κ2) is 7.40. The number of phenolic OH excluding ortho intramolecular Hbond substituents is 1. The smallest absolute Gasteiger partial charge is 0.236 e. The summed E-state index contributed by atoms with van der Waals surface area (Å²) in [6, 6.07) is 26.2. The molecule has 2 N–H and O–H groups in total. The molecule has 0 aromatic heterocycles. The van der Waals surface area contributed by atoms with Gasteiger partial charge in [0.05, 0.1) is 5.56 Å². The molecule has 4 nitrogen and oxygen atoms in total. The number of aromatic hydroxyl groups is 1. The Morgan fingerprint density at radius 3 is 2.35 bits per heavy atom. The van der Waals surface area contributed by atoms with E-state index in [9.17, 15) is 14.7 Å². The van der Waals surface area contributed by atoms with E-state index in [1.807, 2.05) is 67.6 Å². The largest absolute Gasteiger partial charge is 0.507 e. The molecule has 2 atom stereocenters. The lowest BCUT2D eigenvalue weighted by Gasteiger charge is -2.34. The van der Waals surface area contributed by atoms with Gasteiger partial charge in [-0.1, -0.05) is 72.3 Å². The number of ketones is 1. The summed E-state index contributed by atoms with van der Waals surface area (Å²) in [7, 11) is 0. The molecule has 0 radical (unpaired) electrons. The quantitative estimate of drug-likeness (QED) is 0.351. The van der Waals surface area contributed by atoms with Gasteiger partial charge < -0.3 is 10.4 Å². The number of carbonyl (C=O) groups is 2. The van der Waals surface area contributed by atoms with Crippen LogP contribution in [-0.4, -0.2) is 16.8 Å². The van der Waals surface area contributed by atoms with Gasteiger partial charge >= 0.3 is 0 Å². The number of rotatable bonds is 3. The number of para-hydroxylation sites is 1. The van der Waals surface area contributed by atoms with Crippen LogP contribution < -0.4 is 5.32 Å². The summed E-state index contributed by atoms with van der Waals surface area (Å²) < 4.78 is 0. The van der Waals surface area contributed by atoms with E-state index < -0.39 is 11.8 Å². The fourth-order valence-electron chi connectivity index (χ4n) is 4.52. The Hall–Kier alpha value is -3.92. The third-order valence-electron chi connectivity index (χ3n) is 6.04. The number of anilines is 1. The molecule has 152 valence electrons. The SMILES string of the molecule is Cc1ccc(C2c3c(ccc4ccccc34)NC(=O)C2C(=O)c2ccccc2O)cc1. The Balaban J connectivity index is 1.77. The van der Waals surface area contributed by atoms with Gasteiger partial charge in [0.15, 0.2) is 5.78 Å². The summed E-state index contributed by atoms with van der Waals surface area (Å²) in [6.07, 6.45) is 0. The summed E-state index contributed by atoms with van der Waals surface area (Å²) in [5.41, 5.74) is 3.80. The minimum absolute atomic E-state index is 0.119. The Bertz CT molecular complexity index is 1320. The van der Waals surface area contributed by atoms with Crippen molar-refractivity contribution >= 4 is 28.2 Å². The number of hydrogen-bond donors (Lipinski definition) is 2. The van der Waals surface area contributed by atoms with E-state index in [1.165, 1.54) is 6.07 Å². The van der Waals surface area contributed by atoms with E-state index in [1.54, 1.807) is 18.2 Å². The average Bonchev–Trinajstić information content (AvgIpc) is 2.78. The normalized spacial score (nSPS) is 17.8. The van der Waals surface area contributed by atoms with E-state index in [4.69, 9.17) is 0 Å². The molecular weight excluding hydrogens is 386 g/mol. The molecule has 4 aromatic rings. The lowest BCUT2D eigenvalue weighted by Crippen LogP contribution is -2.39. The second-order valence-electron chi connectivity index (χ2n) is 7.98. The Labute approximate surface area is 180 Å². The van der Waals surface area contributed by atoms with Crippen LogP contribution in [0.15, 0.2) is 84.9 Å². The predicted octanol–water partition coefficient (Wildman–Crippen LogP) is 5.44. The van der Waals surface area contributed by atoms with Crippen molar-refractivity contribution in [3.05, 3.63) is 107 Å². The van der Waals surface area contributed by atoms with Crippen molar-refractivity contribution in [1.82, 2.24) is 0 Å². The molecule has 0 fully saturated rings. The number of amides is 1. The van der Waals surface area contributed by atoms with Crippen molar-refractivity contribution in [2.75, 3.05) is 5.32 Å². The van der Waals surface area contributed by atoms with E-state index in [2.05, 4.69) is 5.32 Å². The molecule has 0 saturated carbocycles. The Morgan fingerprint density at radius 2 is 1.58 bits per heavy atom. The minimum Gasteiger partial charge on any atom is -0.507 e. The molecular formula is C27H21NO3. The van der Waals surface area contributed by atoms with E-state index in [0.717, 1.165) is 33.2 Å². The lowest BCUT2D eigenvalue weighted by molar-refractivity contribution is -0.119. The molecule has 5 rings (SSSR count). The van der Waals surface area contributed by atoms with Crippen molar-refractivity contribution in [3.8, 4) is 5.75 Å². The number of fused-ring (bicyclic) bond motifs is 3. The standard InChI is InChI=1S/C27H21NO3/c1-16-10-12-18(13-11-16)23-24-19-7-3-2-6-17(19)14-15-21(24)28-27(31)25(23)26(30)20-8-4-5-9-22(20)29/h2-15,23,25,29H,1H3,(H,28,31). The highest BCUT2D eigenvalue weighted by molar-refractivity contribution is 6.18. The summed E-state index contributed by atoms with van der Waals surface area (Å²) in [5.74, 6) is -2.33. The van der Waals surface area contributed by atoms with Gasteiger partial charge in [0, 0.05) is 11.6 Å². The number of Topliss-reactive ketones (excluding diaryl/α,β-unsaturated/α-hetero) is 1. The van der Waals surface area contributed by atoms with Crippen LogP contribution in [0.3, 0.4) is 0 Å². The molecule has 0 aliphatic carbocycles. The van der Waals surface area contributed by atoms with Crippen molar-refractivity contribution < 1.29 is 14.7 Å². The van der Waals surface area contributed by atoms with E-state index >= 15 is 0 Å². The maximum absolute atomic E-state index is 13.6. The zero-order valence-electron chi connectivity index (χ0n) is 17.0. The monoisotopic (exact) mass is 407 g/mol. The highest BCUT2D eigenvalue weighted by Gasteiger charge is 2.43. The Kier molecular flexibility index (Phi) is 4.55. The van der Waals surface area contributed by atoms with E-state index in [-0.39, 0.29) is 23.0 Å². The van der Waals surface area contributed by atoms with Crippen molar-refractivity contribution in [2.24, 2.45) is 5.92 Å². The number of phenols is 1. The van der Waals surface area contributed by atoms with Gasteiger partial charge in [-0.05, 0) is 47.0 Å². The van der Waals surface area contributed by atoms with Crippen molar-refractivity contribution in [1.29, 1.82) is 0 Å². The topological polar surface area (TPSA) is 66.4 Å². The van der Waals surface area contributed by atoms with Gasteiger partial charge in [-0.3, -0.25) is 9.59 Å². The molecule has 1 aliphatic rings. The number of aryl methyl sites for hydroxylation is 1. The van der Waals surface area contributed by atoms with Crippen LogP contribution in [0.5, 0.6) is 5.75 Å². The van der Waals surface area contributed by atoms with Crippen molar-refractivity contribution in [3.63, 3.8) is 0 Å². The van der Waals surface area contributed by atoms with Gasteiger partial charge in [-0.2, -0.15) is 0 Å². The lowest BCUT2D eigenvalue weighted by atomic mass is 9.72. The fourth-order valence-corrected chi connectivity index (χ4v) is 4.52. The molecule has 1 heterocycles. The van der Waals surface area contributed by atoms with Crippen LogP contribution in [0.4, 0.5) is 5.69 Å². The molecule has 0 spiro atoms. The predicted molar refractivity (Wildman–Crippen MR) is 122 cm³/mol. The molecule has 4 heteroatoms. The van der Waals surface area contributed by atoms with E-state index in [0.29, 0.717) is 0 Å². The number of carbonyl (C=O) groups excluding carboxylic acids is 2. The van der Waals surface area contributed by atoms with Gasteiger partial charge in [-0.15, -0.1) is 0 Å². The third-order valence-corrected chi connectivity index (χ3v) is 6.04. The molecule has 4 aromatic carbocycles. The van der Waals surface area contributed by atoms with Gasteiger partial charge in [0.25, 0.3) is 0 Å². The molecule has 1 amide bonds. The van der Waals surface area contributed by atoms with Gasteiger partial charge in [0.1, 0.15) is 11.7 Å². The summed E-state index contributed by atoms with van der Waals surface area (Å²) in [4.78, 5) is 26.9. The fraction of sp³-hybridized carbons (Fsp3) is 0.111. The zero-order valence-corrected chi connectivity index (χ0v) is 17.0. The summed E-state index contributed by atoms with van der Waals surface area (Å²) in [6.45, 7) is 2.01. The van der Waals surface area contributed by atoms with Crippen LogP contribution in [0, 0.1) is 12.8 Å². The highest BCUT2D eigenvalue weighted by Crippen LogP contribution is 2.45. The molecule has 0 bridgehead atoms. The first-order valence-corrected chi connectivity index (χ1v) is 10.3. The first kappa shape index (κ1) is 19.1. The van der Waals surface area contributed by atoms with Crippen LogP contribution in [-0.2, 0) is 4.79 Å². The molecule has 31 heavy (non-hydrogen) atoms. The van der Waals surface area contributed by atoms with Crippen molar-refractivity contribution in [2.45, 2.75) is 12.8 Å². The molecule has 2 unspecified atom stereocenters. The first-order valence-electron chi connectivity index (χ1n) is 10.3. The molecule has 0 saturated heterocycles. The Morgan fingerprint density at radius 1 is 0.871 bits per heavy atom. The third kappa shape index (κ3) is 3.17. The minimum atomic E-state index is -0.991. The zero-order chi connectivity index (χ0) is 21.5. The average molecular weight is 407 g/mol. The molecule has 1 aliphatic heterocycles. The second-order valence-corrected chi connectivity index (χ2v) is 7.98. The number of hydrogen-bond acceptors (Lipinski definition) is 3. The summed E-state index contributed by atoms with van der Waals surface area (Å²) in [5, 5.41) is 15.3. The maximum atomic E-state index is 13.6. The van der Waals surface area contributed by atoms with Gasteiger partial charge in [0.2, 0.25) is 5.91 Å².